The van der Waals surface area contributed by atoms with Crippen molar-refractivity contribution >= 4 is 24.0 Å². The van der Waals surface area contributed by atoms with E-state index in [0.29, 0.717) is 0 Å². The SMILES string of the molecule is [N-]=[N+]=N[C@]1(O)C[C@H](N2C=NC3C(=O)N=C(N)N=C32)O[C@@H]1CO. The van der Waals surface area contributed by atoms with E-state index in [1.54, 1.807) is 0 Å². The molecule has 1 saturated heterocycles. The molecular weight excluding hydrogens is 296 g/mol. The molecular formula is C10H12N8O4. The second kappa shape index (κ2) is 5.03. The Hall–Kier alpha value is -2.53. The standard InChI is InChI=1S/C10H12N8O4/c11-9-14-7-6(8(20)15-9)13-3-18(7)5-1-10(21,16-17-12)4(2-19)22-5/h3-6,19,21H,1-2H2,(H2,11,15,20)/t4-,5-,6?,10+/m1/s1. The van der Waals surface area contributed by atoms with Crippen molar-refractivity contribution < 1.29 is 19.7 Å². The van der Waals surface area contributed by atoms with Crippen LogP contribution in [0.1, 0.15) is 6.42 Å². The number of carbonyl (C=O) groups is 1. The fourth-order valence-corrected chi connectivity index (χ4v) is 2.51. The lowest BCUT2D eigenvalue weighted by atomic mass is 10.1. The predicted octanol–water partition coefficient (Wildman–Crippen LogP) is -1.94. The quantitative estimate of drug-likeness (QED) is 0.309. The van der Waals surface area contributed by atoms with Crippen LogP contribution in [0.2, 0.25) is 0 Å². The third-order valence-corrected chi connectivity index (χ3v) is 3.54. The van der Waals surface area contributed by atoms with Gasteiger partial charge in [0, 0.05) is 11.3 Å². The normalized spacial score (nSPS) is 36.7. The van der Waals surface area contributed by atoms with Crippen LogP contribution in [-0.4, -0.2) is 69.9 Å². The van der Waals surface area contributed by atoms with Gasteiger partial charge in [0.25, 0.3) is 5.91 Å². The van der Waals surface area contributed by atoms with E-state index in [-0.39, 0.29) is 18.2 Å². The summed E-state index contributed by atoms with van der Waals surface area (Å²) in [5.41, 5.74) is 12.1. The molecule has 0 aromatic rings. The fourth-order valence-electron chi connectivity index (χ4n) is 2.51. The molecule has 1 unspecified atom stereocenters. The van der Waals surface area contributed by atoms with E-state index in [1.165, 1.54) is 11.2 Å². The highest BCUT2D eigenvalue weighted by Gasteiger charge is 2.51. The molecule has 0 aromatic heterocycles. The Morgan fingerprint density at radius 2 is 2.41 bits per heavy atom. The molecule has 4 atom stereocenters. The van der Waals surface area contributed by atoms with Crippen LogP contribution in [0.4, 0.5) is 0 Å². The molecule has 0 spiro atoms. The molecule has 3 aliphatic rings. The highest BCUT2D eigenvalue weighted by Crippen LogP contribution is 2.35. The molecule has 0 aromatic carbocycles. The van der Waals surface area contributed by atoms with Crippen LogP contribution in [0.5, 0.6) is 0 Å². The maximum Gasteiger partial charge on any atom is 0.281 e. The van der Waals surface area contributed by atoms with Gasteiger partial charge < -0.3 is 20.7 Å². The number of azide groups is 1. The Morgan fingerprint density at radius 3 is 3.09 bits per heavy atom. The largest absolute Gasteiger partial charge is 0.394 e. The van der Waals surface area contributed by atoms with E-state index in [2.05, 4.69) is 25.0 Å². The highest BCUT2D eigenvalue weighted by molar-refractivity contribution is 6.21. The van der Waals surface area contributed by atoms with Gasteiger partial charge in [-0.15, -0.1) is 0 Å². The van der Waals surface area contributed by atoms with Crippen LogP contribution in [0.15, 0.2) is 20.1 Å². The van der Waals surface area contributed by atoms with Gasteiger partial charge in [0.1, 0.15) is 12.3 Å². The molecule has 12 nitrogen and oxygen atoms in total. The summed E-state index contributed by atoms with van der Waals surface area (Å²) in [6.07, 6.45) is -0.743. The van der Waals surface area contributed by atoms with Gasteiger partial charge in [0.2, 0.25) is 5.96 Å². The lowest BCUT2D eigenvalue weighted by Gasteiger charge is -2.25. The Balaban J connectivity index is 1.87. The molecule has 1 fully saturated rings. The number of amidine groups is 1. The van der Waals surface area contributed by atoms with Gasteiger partial charge in [-0.3, -0.25) is 14.7 Å². The van der Waals surface area contributed by atoms with Crippen LogP contribution < -0.4 is 5.73 Å². The Bertz CT molecular complexity index is 653. The summed E-state index contributed by atoms with van der Waals surface area (Å²) in [6.45, 7) is -0.546. The van der Waals surface area contributed by atoms with Crippen molar-refractivity contribution in [3.05, 3.63) is 10.4 Å². The van der Waals surface area contributed by atoms with Crippen molar-refractivity contribution in [1.29, 1.82) is 0 Å². The smallest absolute Gasteiger partial charge is 0.281 e. The van der Waals surface area contributed by atoms with Crippen LogP contribution in [0, 0.1) is 0 Å². The van der Waals surface area contributed by atoms with Crippen LogP contribution in [0.25, 0.3) is 10.4 Å². The highest BCUT2D eigenvalue weighted by atomic mass is 16.6. The number of fused-ring (bicyclic) bond motifs is 1. The molecule has 0 radical (unpaired) electrons. The van der Waals surface area contributed by atoms with E-state index >= 15 is 0 Å². The van der Waals surface area contributed by atoms with Gasteiger partial charge in [-0.2, -0.15) is 9.98 Å². The number of guanidine groups is 1. The first-order valence-corrected chi connectivity index (χ1v) is 6.31. The minimum atomic E-state index is -1.90. The number of aliphatic hydroxyl groups excluding tert-OH is 1. The van der Waals surface area contributed by atoms with E-state index in [9.17, 15) is 15.0 Å². The summed E-state index contributed by atoms with van der Waals surface area (Å²) in [4.78, 5) is 27.1. The number of hydrogen-bond acceptors (Lipinski definition) is 9. The van der Waals surface area contributed by atoms with Gasteiger partial charge in [0.05, 0.1) is 12.9 Å². The van der Waals surface area contributed by atoms with Crippen molar-refractivity contribution in [1.82, 2.24) is 4.90 Å². The first-order chi connectivity index (χ1) is 10.5. The number of nitrogens with two attached hydrogens (primary N) is 1. The molecule has 3 aliphatic heterocycles. The summed E-state index contributed by atoms with van der Waals surface area (Å²) in [6, 6.07) is -0.906. The van der Waals surface area contributed by atoms with Crippen molar-refractivity contribution in [3.63, 3.8) is 0 Å². The summed E-state index contributed by atoms with van der Waals surface area (Å²) in [5.74, 6) is -0.540. The fraction of sp³-hybridized carbons (Fsp3) is 0.600. The van der Waals surface area contributed by atoms with E-state index in [4.69, 9.17) is 16.0 Å². The average Bonchev–Trinajstić information content (AvgIpc) is 3.00. The number of ether oxygens (including phenoxy) is 1. The summed E-state index contributed by atoms with van der Waals surface area (Å²) in [7, 11) is 0. The number of amides is 1. The Kier molecular flexibility index (Phi) is 3.30. The molecule has 3 heterocycles. The molecule has 1 amide bonds. The molecule has 0 saturated carbocycles. The molecule has 0 aliphatic carbocycles. The van der Waals surface area contributed by atoms with E-state index in [0.717, 1.165) is 0 Å². The van der Waals surface area contributed by atoms with Crippen LogP contribution >= 0.6 is 0 Å². The van der Waals surface area contributed by atoms with Crippen LogP contribution in [0.3, 0.4) is 0 Å². The number of carbonyl (C=O) groups excluding carboxylic acids is 1. The van der Waals surface area contributed by atoms with Crippen molar-refractivity contribution in [3.8, 4) is 0 Å². The van der Waals surface area contributed by atoms with Crippen LogP contribution in [-0.2, 0) is 9.53 Å². The van der Waals surface area contributed by atoms with E-state index in [1.807, 2.05) is 0 Å². The summed E-state index contributed by atoms with van der Waals surface area (Å²) in [5, 5.41) is 22.8. The zero-order chi connectivity index (χ0) is 15.9. The number of aliphatic hydroxyl groups is 2. The molecule has 22 heavy (non-hydrogen) atoms. The first kappa shape index (κ1) is 14.4. The maximum absolute atomic E-state index is 11.7. The van der Waals surface area contributed by atoms with Crippen molar-refractivity contribution in [2.45, 2.75) is 30.5 Å². The van der Waals surface area contributed by atoms with Gasteiger partial charge in [-0.1, -0.05) is 5.11 Å². The topological polar surface area (TPSA) is 182 Å². The molecule has 12 heteroatoms. The van der Waals surface area contributed by atoms with E-state index < -0.39 is 36.6 Å². The second-order valence-corrected chi connectivity index (χ2v) is 4.89. The Morgan fingerprint density at radius 1 is 1.64 bits per heavy atom. The van der Waals surface area contributed by atoms with Gasteiger partial charge in [0.15, 0.2) is 17.6 Å². The molecule has 4 N–H and O–H groups in total. The number of nitrogens with zero attached hydrogens (tertiary/aromatic N) is 7. The number of rotatable bonds is 3. The molecule has 3 rings (SSSR count). The lowest BCUT2D eigenvalue weighted by molar-refractivity contribution is -0.117. The number of hydrogen-bond donors (Lipinski definition) is 3. The zero-order valence-electron chi connectivity index (χ0n) is 11.1. The predicted molar refractivity (Wildman–Crippen MR) is 72.6 cm³/mol. The van der Waals surface area contributed by atoms with Crippen molar-refractivity contribution in [2.75, 3.05) is 6.61 Å². The Labute approximate surface area is 123 Å². The second-order valence-electron chi connectivity index (χ2n) is 4.89. The first-order valence-electron chi connectivity index (χ1n) is 6.31. The summed E-state index contributed by atoms with van der Waals surface area (Å²) >= 11 is 0. The summed E-state index contributed by atoms with van der Waals surface area (Å²) < 4.78 is 5.48. The molecule has 0 bridgehead atoms. The zero-order valence-corrected chi connectivity index (χ0v) is 11.1. The average molecular weight is 308 g/mol. The third kappa shape index (κ3) is 2.10. The molecule has 116 valence electrons. The minimum absolute atomic E-state index is 0.134. The minimum Gasteiger partial charge on any atom is -0.394 e. The lowest BCUT2D eigenvalue weighted by Crippen LogP contribution is -2.45. The van der Waals surface area contributed by atoms with Gasteiger partial charge in [-0.05, 0) is 5.53 Å². The monoisotopic (exact) mass is 308 g/mol. The van der Waals surface area contributed by atoms with Gasteiger partial charge in [-0.25, -0.2) is 0 Å². The van der Waals surface area contributed by atoms with Crippen molar-refractivity contribution in [2.24, 2.45) is 25.8 Å². The van der Waals surface area contributed by atoms with Gasteiger partial charge >= 0.3 is 0 Å². The third-order valence-electron chi connectivity index (χ3n) is 3.54. The number of aliphatic imine (C=N–C) groups is 3. The maximum atomic E-state index is 11.7.